The smallest absolute Gasteiger partial charge is 0.299 e. The number of benzene rings is 3. The summed E-state index contributed by atoms with van der Waals surface area (Å²) >= 11 is 0. The highest BCUT2D eigenvalue weighted by Crippen LogP contribution is 2.45. The van der Waals surface area contributed by atoms with Crippen LogP contribution in [0.3, 0.4) is 0 Å². The predicted molar refractivity (Wildman–Crippen MR) is 106 cm³/mol. The van der Waals surface area contributed by atoms with Crippen molar-refractivity contribution in [1.29, 1.82) is 0 Å². The molecule has 0 radical (unpaired) electrons. The van der Waals surface area contributed by atoms with Gasteiger partial charge in [0.1, 0.15) is 10.6 Å². The third kappa shape index (κ3) is 4.55. The zero-order chi connectivity index (χ0) is 23.2. The fourth-order valence-electron chi connectivity index (χ4n) is 2.74. The van der Waals surface area contributed by atoms with Gasteiger partial charge in [0.25, 0.3) is 30.4 Å². The number of phenolic OH excluding ortho intramolecular Hbond substituents is 1. The van der Waals surface area contributed by atoms with Crippen LogP contribution in [0, 0.1) is 0 Å². The second-order valence-corrected chi connectivity index (χ2v) is 10.2. The van der Waals surface area contributed by atoms with Crippen molar-refractivity contribution in [3.63, 3.8) is 0 Å². The van der Waals surface area contributed by atoms with Gasteiger partial charge in [-0.25, -0.2) is 0 Å². The van der Waals surface area contributed by atoms with E-state index in [1.807, 2.05) is 0 Å². The molecule has 0 amide bonds. The van der Waals surface area contributed by atoms with E-state index in [-0.39, 0.29) is 16.5 Å². The summed E-state index contributed by atoms with van der Waals surface area (Å²) in [6.07, 6.45) is 0. The first-order valence-electron chi connectivity index (χ1n) is 7.93. The molecule has 0 atom stereocenters. The largest absolute Gasteiger partial charge is 0.504 e. The SMILES string of the molecule is O=S(=O)(O)c1ccc(N=Nc2c(O)c(S(=O)(=O)O)c(S(=O)(=O)O)c3ccccc23)cc1. The molecule has 0 aromatic heterocycles. The Kier molecular flexibility index (Phi) is 5.59. The van der Waals surface area contributed by atoms with E-state index in [0.29, 0.717) is 0 Å². The molecule has 0 spiro atoms. The zero-order valence-corrected chi connectivity index (χ0v) is 17.4. The normalized spacial score (nSPS) is 13.1. The molecule has 0 aliphatic carbocycles. The fourth-order valence-corrected chi connectivity index (χ4v) is 5.33. The molecule has 31 heavy (non-hydrogen) atoms. The third-order valence-corrected chi connectivity index (χ3v) is 6.84. The number of fused-ring (bicyclic) bond motifs is 1. The van der Waals surface area contributed by atoms with Crippen LogP contribution in [0.1, 0.15) is 0 Å². The van der Waals surface area contributed by atoms with Crippen molar-refractivity contribution in [2.75, 3.05) is 0 Å². The van der Waals surface area contributed by atoms with Crippen LogP contribution in [0.5, 0.6) is 5.75 Å². The quantitative estimate of drug-likeness (QED) is 0.305. The number of nitrogens with zero attached hydrogens (tertiary/aromatic N) is 2. The molecule has 4 N–H and O–H groups in total. The van der Waals surface area contributed by atoms with E-state index in [1.165, 1.54) is 18.2 Å². The van der Waals surface area contributed by atoms with Gasteiger partial charge < -0.3 is 5.11 Å². The molecule has 15 heteroatoms. The van der Waals surface area contributed by atoms with E-state index in [2.05, 4.69) is 10.2 Å². The first-order valence-corrected chi connectivity index (χ1v) is 12.2. The molecule has 0 saturated carbocycles. The molecule has 0 bridgehead atoms. The van der Waals surface area contributed by atoms with Crippen molar-refractivity contribution in [2.45, 2.75) is 14.7 Å². The molecule has 3 rings (SSSR count). The Balaban J connectivity index is 2.31. The van der Waals surface area contributed by atoms with Crippen molar-refractivity contribution in [3.8, 4) is 5.75 Å². The summed E-state index contributed by atoms with van der Waals surface area (Å²) in [4.78, 5) is -3.14. The lowest BCUT2D eigenvalue weighted by Crippen LogP contribution is -2.10. The Morgan fingerprint density at radius 1 is 0.613 bits per heavy atom. The maximum Gasteiger partial charge on any atom is 0.299 e. The number of rotatable bonds is 5. The monoisotopic (exact) mass is 488 g/mol. The zero-order valence-electron chi connectivity index (χ0n) is 15.0. The molecule has 164 valence electrons. The number of hydrogen-bond acceptors (Lipinski definition) is 9. The Morgan fingerprint density at radius 2 is 1.13 bits per heavy atom. The summed E-state index contributed by atoms with van der Waals surface area (Å²) in [5.41, 5.74) is -0.530. The Bertz CT molecular complexity index is 1540. The van der Waals surface area contributed by atoms with Gasteiger partial charge in [-0.3, -0.25) is 13.7 Å². The lowest BCUT2D eigenvalue weighted by Gasteiger charge is -2.13. The summed E-state index contributed by atoms with van der Waals surface area (Å²) in [6, 6.07) is 9.39. The number of azo groups is 1. The molecule has 0 heterocycles. The summed E-state index contributed by atoms with van der Waals surface area (Å²) in [6.45, 7) is 0. The maximum absolute atomic E-state index is 11.8. The summed E-state index contributed by atoms with van der Waals surface area (Å²) in [7, 11) is -15.0. The highest BCUT2D eigenvalue weighted by molar-refractivity contribution is 7.89. The topological polar surface area (TPSA) is 208 Å². The van der Waals surface area contributed by atoms with Crippen molar-refractivity contribution >= 4 is 52.5 Å². The minimum atomic E-state index is -5.35. The van der Waals surface area contributed by atoms with E-state index in [4.69, 9.17) is 4.55 Å². The van der Waals surface area contributed by atoms with Gasteiger partial charge in [-0.2, -0.15) is 30.4 Å². The van der Waals surface area contributed by atoms with Crippen LogP contribution in [0.2, 0.25) is 0 Å². The summed E-state index contributed by atoms with van der Waals surface area (Å²) < 4.78 is 97.3. The van der Waals surface area contributed by atoms with Gasteiger partial charge >= 0.3 is 0 Å². The molecule has 0 saturated heterocycles. The van der Waals surface area contributed by atoms with Gasteiger partial charge in [0, 0.05) is 10.8 Å². The fraction of sp³-hybridized carbons (Fsp3) is 0. The van der Waals surface area contributed by atoms with Crippen LogP contribution >= 0.6 is 0 Å². The maximum atomic E-state index is 11.8. The van der Waals surface area contributed by atoms with Crippen molar-refractivity contribution in [2.24, 2.45) is 10.2 Å². The van der Waals surface area contributed by atoms with Crippen LogP contribution in [-0.4, -0.2) is 44.0 Å². The van der Waals surface area contributed by atoms with Crippen LogP contribution < -0.4 is 0 Å². The minimum Gasteiger partial charge on any atom is -0.504 e. The number of aromatic hydroxyl groups is 1. The number of hydrogen-bond donors (Lipinski definition) is 4. The van der Waals surface area contributed by atoms with Crippen LogP contribution in [0.25, 0.3) is 10.8 Å². The minimum absolute atomic E-state index is 0.0168. The lowest BCUT2D eigenvalue weighted by molar-refractivity contribution is 0.433. The van der Waals surface area contributed by atoms with Crippen molar-refractivity contribution in [1.82, 2.24) is 0 Å². The van der Waals surface area contributed by atoms with E-state index < -0.39 is 56.5 Å². The molecule has 0 unspecified atom stereocenters. The Morgan fingerprint density at radius 3 is 1.61 bits per heavy atom. The highest BCUT2D eigenvalue weighted by Gasteiger charge is 2.33. The Labute approximate surface area is 175 Å². The van der Waals surface area contributed by atoms with Gasteiger partial charge in [-0.1, -0.05) is 24.3 Å². The molecule has 3 aromatic rings. The molecule has 0 aliphatic rings. The first kappa shape index (κ1) is 22.7. The molecular weight excluding hydrogens is 476 g/mol. The average Bonchev–Trinajstić information content (AvgIpc) is 2.64. The van der Waals surface area contributed by atoms with Gasteiger partial charge in [-0.15, -0.1) is 5.11 Å². The molecular formula is C16H12N2O10S3. The number of phenols is 1. The summed E-state index contributed by atoms with van der Waals surface area (Å²) in [5, 5.41) is 17.3. The molecule has 3 aromatic carbocycles. The lowest BCUT2D eigenvalue weighted by atomic mass is 10.1. The van der Waals surface area contributed by atoms with E-state index in [0.717, 1.165) is 30.3 Å². The average molecular weight is 488 g/mol. The van der Waals surface area contributed by atoms with Crippen LogP contribution in [0.4, 0.5) is 11.4 Å². The second-order valence-electron chi connectivity index (χ2n) is 6.02. The van der Waals surface area contributed by atoms with E-state index >= 15 is 0 Å². The van der Waals surface area contributed by atoms with E-state index in [1.54, 1.807) is 0 Å². The highest BCUT2D eigenvalue weighted by atomic mass is 32.2. The van der Waals surface area contributed by atoms with Gasteiger partial charge in [0.2, 0.25) is 0 Å². The summed E-state index contributed by atoms with van der Waals surface area (Å²) in [5.74, 6) is -1.29. The van der Waals surface area contributed by atoms with Gasteiger partial charge in [-0.05, 0) is 24.3 Å². The van der Waals surface area contributed by atoms with E-state index in [9.17, 15) is 39.5 Å². The van der Waals surface area contributed by atoms with Gasteiger partial charge in [0.05, 0.1) is 10.6 Å². The third-order valence-electron chi connectivity index (χ3n) is 3.99. The van der Waals surface area contributed by atoms with Crippen molar-refractivity contribution < 1.29 is 44.0 Å². The standard InChI is InChI=1S/C16H12N2O10S3/c19-14-13(18-17-9-5-7-10(8-6-9)29(20,21)22)11-3-1-2-4-12(11)15(30(23,24)25)16(14)31(26,27)28/h1-8,19H,(H,20,21,22)(H,23,24,25)(H,26,27,28). The van der Waals surface area contributed by atoms with Gasteiger partial charge in [0.15, 0.2) is 10.6 Å². The molecule has 12 nitrogen and oxygen atoms in total. The second kappa shape index (κ2) is 7.63. The van der Waals surface area contributed by atoms with Crippen molar-refractivity contribution in [3.05, 3.63) is 48.5 Å². The first-order chi connectivity index (χ1) is 14.2. The predicted octanol–water partition coefficient (Wildman–Crippen LogP) is 2.70. The molecule has 0 fully saturated rings. The van der Waals surface area contributed by atoms with Crippen LogP contribution in [0.15, 0.2) is 73.4 Å². The molecule has 0 aliphatic heterocycles. The van der Waals surface area contributed by atoms with Crippen LogP contribution in [-0.2, 0) is 30.4 Å². The Hall–Kier alpha value is -2.95.